The Hall–Kier alpha value is -1.40. The van der Waals surface area contributed by atoms with Crippen LogP contribution < -0.4 is 4.90 Å². The maximum Gasteiger partial charge on any atom is 0.349 e. The van der Waals surface area contributed by atoms with Crippen LogP contribution >= 0.6 is 22.7 Å². The number of esters is 1. The summed E-state index contributed by atoms with van der Waals surface area (Å²) >= 11 is 3.16. The minimum absolute atomic E-state index is 0.310. The molecule has 1 fully saturated rings. The number of hydrogen-bond donors (Lipinski definition) is 0. The Balaban J connectivity index is 1.80. The molecule has 0 bridgehead atoms. The molecule has 4 nitrogen and oxygen atoms in total. The first-order valence-corrected chi connectivity index (χ1v) is 7.80. The summed E-state index contributed by atoms with van der Waals surface area (Å²) in [4.78, 5) is 20.0. The van der Waals surface area contributed by atoms with Gasteiger partial charge in [-0.25, -0.2) is 9.78 Å². The fourth-order valence-corrected chi connectivity index (χ4v) is 3.51. The molecule has 0 atom stereocenters. The van der Waals surface area contributed by atoms with Crippen molar-refractivity contribution in [1.29, 1.82) is 0 Å². The lowest BCUT2D eigenvalue weighted by atomic mass is 10.4. The van der Waals surface area contributed by atoms with Crippen molar-refractivity contribution in [2.24, 2.45) is 0 Å². The zero-order valence-corrected chi connectivity index (χ0v) is 12.2. The average Bonchev–Trinajstić information content (AvgIpc) is 2.94. The van der Waals surface area contributed by atoms with Gasteiger partial charge in [0, 0.05) is 10.9 Å². The molecule has 1 aliphatic carbocycles. The van der Waals surface area contributed by atoms with Crippen molar-refractivity contribution in [3.63, 3.8) is 0 Å². The van der Waals surface area contributed by atoms with Crippen molar-refractivity contribution < 1.29 is 9.53 Å². The number of methoxy groups -OCH3 is 1. The predicted octanol–water partition coefficient (Wildman–Crippen LogP) is 3.16. The fourth-order valence-electron chi connectivity index (χ4n) is 1.90. The Kier molecular flexibility index (Phi) is 3.52. The number of hydrogen-bond acceptors (Lipinski definition) is 6. The zero-order chi connectivity index (χ0) is 13.2. The van der Waals surface area contributed by atoms with Crippen LogP contribution in [0.1, 0.15) is 27.4 Å². The third-order valence-corrected chi connectivity index (χ3v) is 4.90. The molecule has 2 aromatic rings. The van der Waals surface area contributed by atoms with Gasteiger partial charge < -0.3 is 9.64 Å². The van der Waals surface area contributed by atoms with Crippen LogP contribution in [0, 0.1) is 0 Å². The Morgan fingerprint density at radius 3 is 3.05 bits per heavy atom. The second-order valence-electron chi connectivity index (χ2n) is 4.44. The molecule has 1 saturated carbocycles. The SMILES string of the molecule is COC(=O)c1cnc(N(Cc2cccs2)C2CC2)s1. The van der Waals surface area contributed by atoms with Crippen LogP contribution in [0.2, 0.25) is 0 Å². The highest BCUT2D eigenvalue weighted by Crippen LogP contribution is 2.35. The average molecular weight is 294 g/mol. The first-order valence-electron chi connectivity index (χ1n) is 6.11. The van der Waals surface area contributed by atoms with E-state index in [1.54, 1.807) is 17.5 Å². The topological polar surface area (TPSA) is 42.4 Å². The van der Waals surface area contributed by atoms with E-state index >= 15 is 0 Å². The minimum Gasteiger partial charge on any atom is -0.465 e. The molecular weight excluding hydrogens is 280 g/mol. The summed E-state index contributed by atoms with van der Waals surface area (Å²) in [5.74, 6) is -0.310. The van der Waals surface area contributed by atoms with Gasteiger partial charge in [0.05, 0.1) is 19.9 Å². The smallest absolute Gasteiger partial charge is 0.349 e. The molecule has 0 radical (unpaired) electrons. The molecule has 1 aliphatic rings. The number of carbonyl (C=O) groups is 1. The van der Waals surface area contributed by atoms with Crippen LogP contribution in [0.25, 0.3) is 0 Å². The van der Waals surface area contributed by atoms with E-state index in [1.165, 1.54) is 36.2 Å². The van der Waals surface area contributed by atoms with E-state index < -0.39 is 0 Å². The Morgan fingerprint density at radius 2 is 2.42 bits per heavy atom. The van der Waals surface area contributed by atoms with Crippen molar-refractivity contribution in [2.45, 2.75) is 25.4 Å². The predicted molar refractivity (Wildman–Crippen MR) is 77.0 cm³/mol. The van der Waals surface area contributed by atoms with E-state index in [2.05, 4.69) is 27.4 Å². The highest BCUT2D eigenvalue weighted by atomic mass is 32.1. The van der Waals surface area contributed by atoms with Crippen molar-refractivity contribution in [2.75, 3.05) is 12.0 Å². The number of thiophene rings is 1. The second-order valence-corrected chi connectivity index (χ2v) is 6.48. The number of anilines is 1. The number of aromatic nitrogens is 1. The first kappa shape index (κ1) is 12.6. The van der Waals surface area contributed by atoms with Gasteiger partial charge in [-0.3, -0.25) is 0 Å². The molecule has 0 spiro atoms. The van der Waals surface area contributed by atoms with E-state index in [4.69, 9.17) is 4.74 Å². The van der Waals surface area contributed by atoms with Crippen LogP contribution in [-0.2, 0) is 11.3 Å². The molecular formula is C13H14N2O2S2. The Bertz CT molecular complexity index is 561. The number of carbonyl (C=O) groups excluding carboxylic acids is 1. The number of ether oxygens (including phenoxy) is 1. The lowest BCUT2D eigenvalue weighted by Crippen LogP contribution is -2.24. The molecule has 0 saturated heterocycles. The molecule has 0 unspecified atom stereocenters. The molecule has 3 rings (SSSR count). The number of thiazole rings is 1. The zero-order valence-electron chi connectivity index (χ0n) is 10.5. The van der Waals surface area contributed by atoms with E-state index in [-0.39, 0.29) is 5.97 Å². The van der Waals surface area contributed by atoms with E-state index in [0.717, 1.165) is 11.7 Å². The summed E-state index contributed by atoms with van der Waals surface area (Å²) in [6, 6.07) is 4.76. The van der Waals surface area contributed by atoms with Crippen molar-refractivity contribution in [1.82, 2.24) is 4.98 Å². The van der Waals surface area contributed by atoms with Crippen LogP contribution in [0.3, 0.4) is 0 Å². The van der Waals surface area contributed by atoms with E-state index in [0.29, 0.717) is 10.9 Å². The molecule has 6 heteroatoms. The summed E-state index contributed by atoms with van der Waals surface area (Å²) < 4.78 is 4.73. The molecule has 2 heterocycles. The van der Waals surface area contributed by atoms with Gasteiger partial charge in [-0.1, -0.05) is 17.4 Å². The molecule has 0 amide bonds. The molecule has 100 valence electrons. The summed E-state index contributed by atoms with van der Waals surface area (Å²) in [6.45, 7) is 0.871. The second kappa shape index (κ2) is 5.30. The lowest BCUT2D eigenvalue weighted by molar-refractivity contribution is 0.0606. The molecule has 0 aliphatic heterocycles. The third-order valence-electron chi connectivity index (χ3n) is 3.02. The number of nitrogens with zero attached hydrogens (tertiary/aromatic N) is 2. The highest BCUT2D eigenvalue weighted by molar-refractivity contribution is 7.17. The van der Waals surface area contributed by atoms with Gasteiger partial charge in [-0.15, -0.1) is 11.3 Å². The van der Waals surface area contributed by atoms with Gasteiger partial charge in [-0.05, 0) is 24.3 Å². The van der Waals surface area contributed by atoms with Crippen molar-refractivity contribution >= 4 is 33.8 Å². The maximum absolute atomic E-state index is 11.5. The lowest BCUT2D eigenvalue weighted by Gasteiger charge is -2.20. The van der Waals surface area contributed by atoms with Gasteiger partial charge in [0.2, 0.25) is 0 Å². The van der Waals surface area contributed by atoms with E-state index in [1.807, 2.05) is 0 Å². The number of rotatable bonds is 5. The minimum atomic E-state index is -0.310. The Labute approximate surface area is 119 Å². The first-order chi connectivity index (χ1) is 9.28. The normalized spacial score (nSPS) is 14.4. The van der Waals surface area contributed by atoms with Crippen molar-refractivity contribution in [3.8, 4) is 0 Å². The largest absolute Gasteiger partial charge is 0.465 e. The summed E-state index contributed by atoms with van der Waals surface area (Å²) in [5.41, 5.74) is 0. The molecule has 19 heavy (non-hydrogen) atoms. The van der Waals surface area contributed by atoms with E-state index in [9.17, 15) is 4.79 Å². The van der Waals surface area contributed by atoms with Gasteiger partial charge in [0.1, 0.15) is 4.88 Å². The van der Waals surface area contributed by atoms with Crippen LogP contribution in [0.5, 0.6) is 0 Å². The van der Waals surface area contributed by atoms with Crippen LogP contribution in [0.4, 0.5) is 5.13 Å². The Morgan fingerprint density at radius 1 is 1.58 bits per heavy atom. The summed E-state index contributed by atoms with van der Waals surface area (Å²) in [7, 11) is 1.39. The summed E-state index contributed by atoms with van der Waals surface area (Å²) in [5, 5.41) is 3.00. The van der Waals surface area contributed by atoms with Gasteiger partial charge in [0.15, 0.2) is 5.13 Å². The van der Waals surface area contributed by atoms with Crippen LogP contribution in [0.15, 0.2) is 23.7 Å². The molecule has 0 N–H and O–H groups in total. The third kappa shape index (κ3) is 2.79. The maximum atomic E-state index is 11.5. The highest BCUT2D eigenvalue weighted by Gasteiger charge is 2.31. The standard InChI is InChI=1S/C13H14N2O2S2/c1-17-12(16)11-7-14-13(19-11)15(9-4-5-9)8-10-3-2-6-18-10/h2-3,6-7,9H,4-5,8H2,1H3. The summed E-state index contributed by atoms with van der Waals surface area (Å²) in [6.07, 6.45) is 4.02. The van der Waals surface area contributed by atoms with Crippen molar-refractivity contribution in [3.05, 3.63) is 33.5 Å². The fraction of sp³-hybridized carbons (Fsp3) is 0.385. The van der Waals surface area contributed by atoms with Gasteiger partial charge in [0.25, 0.3) is 0 Å². The molecule has 0 aromatic carbocycles. The van der Waals surface area contributed by atoms with Gasteiger partial charge in [-0.2, -0.15) is 0 Å². The molecule has 2 aromatic heterocycles. The monoisotopic (exact) mass is 294 g/mol. The van der Waals surface area contributed by atoms with Crippen LogP contribution in [-0.4, -0.2) is 24.1 Å². The quantitative estimate of drug-likeness (QED) is 0.794. The van der Waals surface area contributed by atoms with Gasteiger partial charge >= 0.3 is 5.97 Å².